The number of aliphatic hydroxyl groups excluding tert-OH is 1. The normalized spacial score (nSPS) is 19.1. The van der Waals surface area contributed by atoms with Crippen LogP contribution >= 0.6 is 0 Å². The average molecular weight is 259 g/mol. The number of pyridine rings is 2. The predicted molar refractivity (Wildman–Crippen MR) is 73.5 cm³/mol. The molecule has 0 radical (unpaired) electrons. The minimum absolute atomic E-state index is 0.174. The molecular formula is C14H17N3O2. The van der Waals surface area contributed by atoms with Gasteiger partial charge in [0.15, 0.2) is 0 Å². The van der Waals surface area contributed by atoms with E-state index in [9.17, 15) is 5.11 Å². The molecule has 0 bridgehead atoms. The Labute approximate surface area is 111 Å². The molecule has 5 nitrogen and oxygen atoms in total. The second-order valence-corrected chi connectivity index (χ2v) is 4.72. The summed E-state index contributed by atoms with van der Waals surface area (Å²) in [5, 5.41) is 9.47. The smallest absolute Gasteiger partial charge is 0.213 e. The van der Waals surface area contributed by atoms with Crippen molar-refractivity contribution in [2.75, 3.05) is 25.2 Å². The summed E-state index contributed by atoms with van der Waals surface area (Å²) in [4.78, 5) is 11.0. The molecule has 1 fully saturated rings. The third kappa shape index (κ3) is 2.10. The lowest BCUT2D eigenvalue weighted by Crippen LogP contribution is -2.32. The molecule has 1 N–H and O–H groups in total. The van der Waals surface area contributed by atoms with Crippen molar-refractivity contribution < 1.29 is 9.84 Å². The van der Waals surface area contributed by atoms with Crippen LogP contribution in [0.3, 0.4) is 0 Å². The first-order valence-electron chi connectivity index (χ1n) is 6.50. The van der Waals surface area contributed by atoms with Gasteiger partial charge in [-0.3, -0.25) is 4.98 Å². The highest BCUT2D eigenvalue weighted by Gasteiger charge is 2.25. The highest BCUT2D eigenvalue weighted by molar-refractivity contribution is 5.88. The van der Waals surface area contributed by atoms with E-state index in [2.05, 4.69) is 14.9 Å². The van der Waals surface area contributed by atoms with Crippen molar-refractivity contribution in [1.82, 2.24) is 9.97 Å². The van der Waals surface area contributed by atoms with E-state index in [1.807, 2.05) is 18.2 Å². The molecule has 1 atom stereocenters. The van der Waals surface area contributed by atoms with E-state index >= 15 is 0 Å². The minimum Gasteiger partial charge on any atom is -0.481 e. The van der Waals surface area contributed by atoms with E-state index in [0.717, 1.165) is 36.1 Å². The molecule has 1 saturated heterocycles. The largest absolute Gasteiger partial charge is 0.481 e. The molecular weight excluding hydrogens is 242 g/mol. The summed E-state index contributed by atoms with van der Waals surface area (Å²) < 4.78 is 5.19. The molecule has 0 aromatic carbocycles. The Morgan fingerprint density at radius 3 is 3.11 bits per heavy atom. The Balaban J connectivity index is 2.11. The maximum Gasteiger partial charge on any atom is 0.213 e. The number of anilines is 1. The number of hydrogen-bond donors (Lipinski definition) is 1. The Kier molecular flexibility index (Phi) is 3.21. The number of ether oxygens (including phenoxy) is 1. The van der Waals surface area contributed by atoms with Crippen LogP contribution in [0.15, 0.2) is 24.4 Å². The molecule has 19 heavy (non-hydrogen) atoms. The van der Waals surface area contributed by atoms with Crippen molar-refractivity contribution in [1.29, 1.82) is 0 Å². The number of fused-ring (bicyclic) bond motifs is 1. The quantitative estimate of drug-likeness (QED) is 0.907. The van der Waals surface area contributed by atoms with E-state index in [1.54, 1.807) is 13.3 Å². The van der Waals surface area contributed by atoms with Gasteiger partial charge in [-0.1, -0.05) is 0 Å². The monoisotopic (exact) mass is 259 g/mol. The van der Waals surface area contributed by atoms with Crippen molar-refractivity contribution in [3.63, 3.8) is 0 Å². The third-order valence-corrected chi connectivity index (χ3v) is 3.64. The molecule has 1 unspecified atom stereocenters. The zero-order valence-corrected chi connectivity index (χ0v) is 10.9. The molecule has 1 aliphatic heterocycles. The Morgan fingerprint density at radius 1 is 1.42 bits per heavy atom. The van der Waals surface area contributed by atoms with E-state index in [1.165, 1.54) is 0 Å². The van der Waals surface area contributed by atoms with Gasteiger partial charge in [0, 0.05) is 18.8 Å². The maximum absolute atomic E-state index is 9.47. The summed E-state index contributed by atoms with van der Waals surface area (Å²) in [6.07, 6.45) is 3.90. The number of nitrogens with zero attached hydrogens (tertiary/aromatic N) is 3. The molecule has 2 aromatic rings. The maximum atomic E-state index is 9.47. The lowest BCUT2D eigenvalue weighted by molar-refractivity contribution is 0.266. The molecule has 3 rings (SSSR count). The zero-order valence-electron chi connectivity index (χ0n) is 10.9. The molecule has 0 saturated carbocycles. The second-order valence-electron chi connectivity index (χ2n) is 4.72. The van der Waals surface area contributed by atoms with Crippen LogP contribution in [0, 0.1) is 0 Å². The van der Waals surface area contributed by atoms with Gasteiger partial charge in [0.1, 0.15) is 5.52 Å². The van der Waals surface area contributed by atoms with Gasteiger partial charge < -0.3 is 14.7 Å². The van der Waals surface area contributed by atoms with Crippen molar-refractivity contribution in [2.45, 2.75) is 18.9 Å². The van der Waals surface area contributed by atoms with Gasteiger partial charge >= 0.3 is 0 Å². The Hall–Kier alpha value is -1.88. The summed E-state index contributed by atoms with van der Waals surface area (Å²) in [7, 11) is 1.61. The summed E-state index contributed by atoms with van der Waals surface area (Å²) in [5.41, 5.74) is 2.71. The standard InChI is InChI=1S/C14H17N3O2/c1-19-13-5-4-11-14(16-13)12(6-7-15-11)17-8-2-3-10(17)9-18/h4-7,10,18H,2-3,8-9H2,1H3. The first kappa shape index (κ1) is 12.2. The predicted octanol–water partition coefficient (Wildman–Crippen LogP) is 1.60. The van der Waals surface area contributed by atoms with Crippen molar-refractivity contribution >= 4 is 16.7 Å². The number of hydrogen-bond acceptors (Lipinski definition) is 5. The van der Waals surface area contributed by atoms with Crippen LogP contribution in [0.4, 0.5) is 5.69 Å². The second kappa shape index (κ2) is 5.01. The summed E-state index contributed by atoms with van der Waals surface area (Å²) in [6.45, 7) is 1.12. The van der Waals surface area contributed by atoms with Crippen LogP contribution in [0.25, 0.3) is 11.0 Å². The van der Waals surface area contributed by atoms with Gasteiger partial charge in [-0.25, -0.2) is 4.98 Å². The fourth-order valence-corrected chi connectivity index (χ4v) is 2.68. The van der Waals surface area contributed by atoms with Crippen LogP contribution in [0.2, 0.25) is 0 Å². The van der Waals surface area contributed by atoms with Gasteiger partial charge in [0.05, 0.1) is 31.0 Å². The third-order valence-electron chi connectivity index (χ3n) is 3.64. The minimum atomic E-state index is 0.174. The molecule has 3 heterocycles. The van der Waals surface area contributed by atoms with E-state index in [0.29, 0.717) is 5.88 Å². The highest BCUT2D eigenvalue weighted by atomic mass is 16.5. The van der Waals surface area contributed by atoms with Crippen molar-refractivity contribution in [3.05, 3.63) is 24.4 Å². The van der Waals surface area contributed by atoms with Crippen LogP contribution in [-0.4, -0.2) is 41.4 Å². The Morgan fingerprint density at radius 2 is 2.32 bits per heavy atom. The summed E-state index contributed by atoms with van der Waals surface area (Å²) in [5.74, 6) is 0.585. The number of methoxy groups -OCH3 is 1. The Bertz CT molecular complexity index is 588. The molecule has 2 aromatic heterocycles. The van der Waals surface area contributed by atoms with Crippen LogP contribution in [0.1, 0.15) is 12.8 Å². The first-order chi connectivity index (χ1) is 9.33. The summed E-state index contributed by atoms with van der Waals surface area (Å²) >= 11 is 0. The van der Waals surface area contributed by atoms with Crippen molar-refractivity contribution in [3.8, 4) is 5.88 Å². The van der Waals surface area contributed by atoms with Crippen LogP contribution in [0.5, 0.6) is 5.88 Å². The zero-order chi connectivity index (χ0) is 13.2. The van der Waals surface area contributed by atoms with Crippen LogP contribution < -0.4 is 9.64 Å². The number of aliphatic hydroxyl groups is 1. The lowest BCUT2D eigenvalue weighted by atomic mass is 10.2. The number of aromatic nitrogens is 2. The highest BCUT2D eigenvalue weighted by Crippen LogP contribution is 2.31. The van der Waals surface area contributed by atoms with Gasteiger partial charge in [-0.2, -0.15) is 0 Å². The molecule has 0 amide bonds. The molecule has 0 spiro atoms. The van der Waals surface area contributed by atoms with E-state index < -0.39 is 0 Å². The fourth-order valence-electron chi connectivity index (χ4n) is 2.68. The molecule has 1 aliphatic rings. The van der Waals surface area contributed by atoms with E-state index in [-0.39, 0.29) is 12.6 Å². The average Bonchev–Trinajstić information content (AvgIpc) is 2.94. The van der Waals surface area contributed by atoms with Crippen LogP contribution in [-0.2, 0) is 0 Å². The van der Waals surface area contributed by atoms with E-state index in [4.69, 9.17) is 4.74 Å². The topological polar surface area (TPSA) is 58.5 Å². The fraction of sp³-hybridized carbons (Fsp3) is 0.429. The first-order valence-corrected chi connectivity index (χ1v) is 6.50. The van der Waals surface area contributed by atoms with Gasteiger partial charge in [-0.05, 0) is 25.0 Å². The summed E-state index contributed by atoms with van der Waals surface area (Å²) in [6, 6.07) is 5.86. The number of rotatable bonds is 3. The molecule has 5 heteroatoms. The van der Waals surface area contributed by atoms with Gasteiger partial charge in [0.25, 0.3) is 0 Å². The van der Waals surface area contributed by atoms with Gasteiger partial charge in [-0.15, -0.1) is 0 Å². The van der Waals surface area contributed by atoms with Gasteiger partial charge in [0.2, 0.25) is 5.88 Å². The van der Waals surface area contributed by atoms with Crippen molar-refractivity contribution in [2.24, 2.45) is 0 Å². The molecule has 100 valence electrons. The molecule has 0 aliphatic carbocycles. The lowest BCUT2D eigenvalue weighted by Gasteiger charge is -2.25. The SMILES string of the molecule is COc1ccc2nccc(N3CCCC3CO)c2n1.